The Kier molecular flexibility index (Phi) is 4.91. The summed E-state index contributed by atoms with van der Waals surface area (Å²) in [6, 6.07) is 10.2. The molecule has 1 N–H and O–H groups in total. The van der Waals surface area contributed by atoms with Crippen molar-refractivity contribution in [1.29, 1.82) is 0 Å². The number of halogens is 2. The number of phenols is 1. The van der Waals surface area contributed by atoms with E-state index in [4.69, 9.17) is 11.6 Å². The number of hydrogen-bond acceptors (Lipinski definition) is 2. The molecule has 2 aromatic carbocycles. The molecule has 0 unspecified atom stereocenters. The zero-order chi connectivity index (χ0) is 15.6. The van der Waals surface area contributed by atoms with Gasteiger partial charge in [-0.2, -0.15) is 0 Å². The Hall–Kier alpha value is -1.52. The van der Waals surface area contributed by atoms with Crippen LogP contribution >= 0.6 is 27.5 Å². The van der Waals surface area contributed by atoms with Crippen LogP contribution in [0.25, 0.3) is 0 Å². The Morgan fingerprint density at radius 3 is 2.71 bits per heavy atom. The van der Waals surface area contributed by atoms with Crippen LogP contribution in [0.5, 0.6) is 5.75 Å². The molecule has 0 radical (unpaired) electrons. The predicted octanol–water partition coefficient (Wildman–Crippen LogP) is 4.78. The average molecular weight is 369 g/mol. The number of amides is 1. The first-order chi connectivity index (χ1) is 9.95. The van der Waals surface area contributed by atoms with Crippen LogP contribution in [-0.2, 0) is 0 Å². The molecule has 0 atom stereocenters. The third-order valence-corrected chi connectivity index (χ3v) is 4.52. The third-order valence-electron chi connectivity index (χ3n) is 3.23. The Bertz CT molecular complexity index is 688. The van der Waals surface area contributed by atoms with Gasteiger partial charge in [0.2, 0.25) is 0 Å². The van der Waals surface area contributed by atoms with Gasteiger partial charge in [0, 0.05) is 17.1 Å². The zero-order valence-corrected chi connectivity index (χ0v) is 14.1. The topological polar surface area (TPSA) is 40.5 Å². The number of phenolic OH excluding ortho intramolecular Hbond substituents is 1. The molecule has 1 amide bonds. The number of carbonyl (C=O) groups is 1. The van der Waals surface area contributed by atoms with Crippen molar-refractivity contribution in [3.05, 3.63) is 57.0 Å². The van der Waals surface area contributed by atoms with Gasteiger partial charge in [-0.1, -0.05) is 23.7 Å². The highest BCUT2D eigenvalue weighted by Crippen LogP contribution is 2.30. The number of hydrogen-bond donors (Lipinski definition) is 1. The lowest BCUT2D eigenvalue weighted by Crippen LogP contribution is -2.31. The van der Waals surface area contributed by atoms with Gasteiger partial charge in [0.05, 0.1) is 16.3 Å². The minimum absolute atomic E-state index is 0.127. The summed E-state index contributed by atoms with van der Waals surface area (Å²) in [7, 11) is 0. The first-order valence-corrected chi connectivity index (χ1v) is 7.68. The Morgan fingerprint density at radius 1 is 1.33 bits per heavy atom. The van der Waals surface area contributed by atoms with E-state index in [0.29, 0.717) is 27.3 Å². The van der Waals surface area contributed by atoms with Crippen molar-refractivity contribution in [2.45, 2.75) is 13.8 Å². The molecule has 5 heteroatoms. The quantitative estimate of drug-likeness (QED) is 0.846. The molecule has 0 fully saturated rings. The standard InChI is InChI=1S/C16H15BrClNO2/c1-3-19(14-9-11(20)8-7-10(14)2)16(21)12-5-4-6-13(17)15(12)18/h4-9,20H,3H2,1-2H3. The van der Waals surface area contributed by atoms with Crippen molar-refractivity contribution in [1.82, 2.24) is 0 Å². The zero-order valence-electron chi connectivity index (χ0n) is 11.7. The maximum atomic E-state index is 12.8. The summed E-state index contributed by atoms with van der Waals surface area (Å²) in [6.45, 7) is 4.26. The smallest absolute Gasteiger partial charge is 0.259 e. The molecule has 2 rings (SSSR count). The Balaban J connectivity index is 2.48. The molecule has 0 saturated carbocycles. The monoisotopic (exact) mass is 367 g/mol. The van der Waals surface area contributed by atoms with Gasteiger partial charge in [-0.15, -0.1) is 0 Å². The van der Waals surface area contributed by atoms with Gasteiger partial charge in [-0.3, -0.25) is 4.79 Å². The highest BCUT2D eigenvalue weighted by Gasteiger charge is 2.21. The molecule has 0 spiro atoms. The normalized spacial score (nSPS) is 10.5. The molecule has 0 aliphatic carbocycles. The van der Waals surface area contributed by atoms with Crippen LogP contribution in [0, 0.1) is 6.92 Å². The van der Waals surface area contributed by atoms with Gasteiger partial charge in [0.1, 0.15) is 5.75 Å². The average Bonchev–Trinajstić information content (AvgIpc) is 2.46. The summed E-state index contributed by atoms with van der Waals surface area (Å²) in [4.78, 5) is 14.4. The van der Waals surface area contributed by atoms with E-state index >= 15 is 0 Å². The Labute approximate surface area is 137 Å². The highest BCUT2D eigenvalue weighted by molar-refractivity contribution is 9.10. The second kappa shape index (κ2) is 6.50. The summed E-state index contributed by atoms with van der Waals surface area (Å²) in [5, 5.41) is 10.0. The van der Waals surface area contributed by atoms with E-state index in [-0.39, 0.29) is 11.7 Å². The maximum absolute atomic E-state index is 12.8. The van der Waals surface area contributed by atoms with Crippen LogP contribution in [-0.4, -0.2) is 17.6 Å². The van der Waals surface area contributed by atoms with Crippen LogP contribution in [0.2, 0.25) is 5.02 Å². The lowest BCUT2D eigenvalue weighted by Gasteiger charge is -2.24. The van der Waals surface area contributed by atoms with E-state index in [0.717, 1.165) is 5.56 Å². The van der Waals surface area contributed by atoms with Gasteiger partial charge >= 0.3 is 0 Å². The Morgan fingerprint density at radius 2 is 2.05 bits per heavy atom. The molecule has 110 valence electrons. The summed E-state index contributed by atoms with van der Waals surface area (Å²) < 4.78 is 0.679. The van der Waals surface area contributed by atoms with Crippen LogP contribution in [0.1, 0.15) is 22.8 Å². The number of aromatic hydroxyl groups is 1. The van der Waals surface area contributed by atoms with Gasteiger partial charge in [-0.25, -0.2) is 0 Å². The van der Waals surface area contributed by atoms with Gasteiger partial charge in [-0.05, 0) is 53.5 Å². The number of nitrogens with zero attached hydrogens (tertiary/aromatic N) is 1. The molecule has 0 aliphatic rings. The number of carbonyl (C=O) groups excluding carboxylic acids is 1. The van der Waals surface area contributed by atoms with Crippen molar-refractivity contribution < 1.29 is 9.90 Å². The fraction of sp³-hybridized carbons (Fsp3) is 0.188. The third kappa shape index (κ3) is 3.22. The predicted molar refractivity (Wildman–Crippen MR) is 89.3 cm³/mol. The van der Waals surface area contributed by atoms with E-state index in [1.165, 1.54) is 0 Å². The van der Waals surface area contributed by atoms with Crippen LogP contribution in [0.4, 0.5) is 5.69 Å². The number of rotatable bonds is 3. The fourth-order valence-electron chi connectivity index (χ4n) is 2.13. The number of benzene rings is 2. The summed E-state index contributed by atoms with van der Waals surface area (Å²) in [6.07, 6.45) is 0. The van der Waals surface area contributed by atoms with E-state index in [1.54, 1.807) is 41.3 Å². The molecule has 21 heavy (non-hydrogen) atoms. The lowest BCUT2D eigenvalue weighted by atomic mass is 10.1. The fourth-order valence-corrected chi connectivity index (χ4v) is 2.70. The minimum atomic E-state index is -0.197. The van der Waals surface area contributed by atoms with Gasteiger partial charge in [0.25, 0.3) is 5.91 Å². The van der Waals surface area contributed by atoms with Crippen molar-refractivity contribution in [3.8, 4) is 5.75 Å². The molecule has 0 aliphatic heterocycles. The minimum Gasteiger partial charge on any atom is -0.508 e. The largest absolute Gasteiger partial charge is 0.508 e. The van der Waals surface area contributed by atoms with Crippen LogP contribution in [0.3, 0.4) is 0 Å². The van der Waals surface area contributed by atoms with Crippen molar-refractivity contribution in [2.24, 2.45) is 0 Å². The highest BCUT2D eigenvalue weighted by atomic mass is 79.9. The number of anilines is 1. The van der Waals surface area contributed by atoms with E-state index in [1.807, 2.05) is 13.8 Å². The lowest BCUT2D eigenvalue weighted by molar-refractivity contribution is 0.0988. The van der Waals surface area contributed by atoms with Crippen LogP contribution in [0.15, 0.2) is 40.9 Å². The van der Waals surface area contributed by atoms with Gasteiger partial charge in [0.15, 0.2) is 0 Å². The number of aryl methyl sites for hydroxylation is 1. The van der Waals surface area contributed by atoms with E-state index < -0.39 is 0 Å². The molecule has 0 heterocycles. The summed E-state index contributed by atoms with van der Waals surface area (Å²) in [5.41, 5.74) is 2.02. The van der Waals surface area contributed by atoms with Crippen molar-refractivity contribution >= 4 is 39.1 Å². The van der Waals surface area contributed by atoms with Crippen molar-refractivity contribution in [2.75, 3.05) is 11.4 Å². The maximum Gasteiger partial charge on any atom is 0.259 e. The molecule has 2 aromatic rings. The SMILES string of the molecule is CCN(C(=O)c1cccc(Br)c1Cl)c1cc(O)ccc1C. The van der Waals surface area contributed by atoms with E-state index in [9.17, 15) is 9.90 Å². The first-order valence-electron chi connectivity index (χ1n) is 6.51. The molecule has 0 bridgehead atoms. The molecule has 3 nitrogen and oxygen atoms in total. The summed E-state index contributed by atoms with van der Waals surface area (Å²) in [5.74, 6) is -0.0697. The van der Waals surface area contributed by atoms with Gasteiger partial charge < -0.3 is 10.0 Å². The molecule has 0 aromatic heterocycles. The molecular weight excluding hydrogens is 354 g/mol. The van der Waals surface area contributed by atoms with Crippen LogP contribution < -0.4 is 4.90 Å². The van der Waals surface area contributed by atoms with E-state index in [2.05, 4.69) is 15.9 Å². The summed E-state index contributed by atoms with van der Waals surface area (Å²) >= 11 is 9.53. The van der Waals surface area contributed by atoms with Crippen molar-refractivity contribution in [3.63, 3.8) is 0 Å². The molecular formula is C16H15BrClNO2. The molecule has 0 saturated heterocycles. The second-order valence-corrected chi connectivity index (χ2v) is 5.85. The second-order valence-electron chi connectivity index (χ2n) is 4.62. The first kappa shape index (κ1) is 15.9.